The summed E-state index contributed by atoms with van der Waals surface area (Å²) in [6.07, 6.45) is 0.896. The molecule has 1 N–H and O–H groups in total. The summed E-state index contributed by atoms with van der Waals surface area (Å²) >= 11 is 0. The molecule has 0 saturated heterocycles. The van der Waals surface area contributed by atoms with E-state index in [0.717, 1.165) is 34.4 Å². The van der Waals surface area contributed by atoms with Gasteiger partial charge in [0.05, 0.1) is 30.2 Å². The quantitative estimate of drug-likeness (QED) is 0.302. The Morgan fingerprint density at radius 2 is 1.73 bits per heavy atom. The standard InChI is InChI=1S/C28H26N2O3/c1-3-21-16-24(13-10-22-8-6-5-7-9-22)28(32-4-2)25(17-21)18-27(31)33-20-30-26-14-11-23(19-29)12-15-26/h5-9,11-12,14-17,30H,3-4,18,20H2,1-2H3. The van der Waals surface area contributed by atoms with Gasteiger partial charge in [0.15, 0.2) is 6.73 Å². The van der Waals surface area contributed by atoms with E-state index in [-0.39, 0.29) is 19.1 Å². The summed E-state index contributed by atoms with van der Waals surface area (Å²) < 4.78 is 11.3. The lowest BCUT2D eigenvalue weighted by Crippen LogP contribution is -2.15. The number of anilines is 1. The van der Waals surface area contributed by atoms with E-state index in [1.807, 2.05) is 49.4 Å². The molecule has 0 unspecified atom stereocenters. The number of nitrogens with one attached hydrogen (secondary N) is 1. The van der Waals surface area contributed by atoms with Gasteiger partial charge >= 0.3 is 5.97 Å². The molecule has 0 aliphatic carbocycles. The highest BCUT2D eigenvalue weighted by molar-refractivity contribution is 5.75. The van der Waals surface area contributed by atoms with Crippen LogP contribution in [0.15, 0.2) is 66.7 Å². The van der Waals surface area contributed by atoms with Crippen LogP contribution in [-0.4, -0.2) is 19.3 Å². The Bertz CT molecular complexity index is 1180. The average molecular weight is 439 g/mol. The monoisotopic (exact) mass is 438 g/mol. The van der Waals surface area contributed by atoms with Crippen molar-refractivity contribution in [2.24, 2.45) is 0 Å². The van der Waals surface area contributed by atoms with Crippen LogP contribution in [0.1, 0.15) is 41.7 Å². The fourth-order valence-corrected chi connectivity index (χ4v) is 3.23. The first-order valence-corrected chi connectivity index (χ1v) is 10.9. The fraction of sp³-hybridized carbons (Fsp3) is 0.214. The first kappa shape index (κ1) is 23.4. The summed E-state index contributed by atoms with van der Waals surface area (Å²) in [5.74, 6) is 6.64. The van der Waals surface area contributed by atoms with E-state index in [0.29, 0.717) is 17.9 Å². The van der Waals surface area contributed by atoms with Crippen molar-refractivity contribution in [1.29, 1.82) is 5.26 Å². The molecule has 3 aromatic rings. The van der Waals surface area contributed by atoms with Gasteiger partial charge in [-0.05, 0) is 61.4 Å². The van der Waals surface area contributed by atoms with Crippen molar-refractivity contribution in [2.75, 3.05) is 18.7 Å². The van der Waals surface area contributed by atoms with E-state index >= 15 is 0 Å². The molecule has 3 rings (SSSR count). The number of nitriles is 1. The van der Waals surface area contributed by atoms with E-state index < -0.39 is 0 Å². The molecule has 0 bridgehead atoms. The van der Waals surface area contributed by atoms with Crippen LogP contribution in [0.5, 0.6) is 5.75 Å². The Hall–Kier alpha value is -4.22. The van der Waals surface area contributed by atoms with Crippen molar-refractivity contribution >= 4 is 11.7 Å². The van der Waals surface area contributed by atoms with Crippen molar-refractivity contribution in [3.05, 3.63) is 94.5 Å². The predicted molar refractivity (Wildman–Crippen MR) is 129 cm³/mol. The number of esters is 1. The number of carbonyl (C=O) groups is 1. The predicted octanol–water partition coefficient (Wildman–Crippen LogP) is 5.07. The Morgan fingerprint density at radius 3 is 2.39 bits per heavy atom. The van der Waals surface area contributed by atoms with E-state index in [2.05, 4.69) is 30.2 Å². The minimum atomic E-state index is -0.368. The molecule has 0 aliphatic heterocycles. The van der Waals surface area contributed by atoms with Gasteiger partial charge in [0.25, 0.3) is 0 Å². The van der Waals surface area contributed by atoms with Gasteiger partial charge < -0.3 is 14.8 Å². The molecule has 0 aromatic heterocycles. The second-order valence-electron chi connectivity index (χ2n) is 7.24. The molecule has 0 spiro atoms. The van der Waals surface area contributed by atoms with E-state index in [4.69, 9.17) is 14.7 Å². The maximum absolute atomic E-state index is 12.6. The van der Waals surface area contributed by atoms with Crippen LogP contribution in [0.3, 0.4) is 0 Å². The Kier molecular flexibility index (Phi) is 8.51. The third kappa shape index (κ3) is 6.89. The molecule has 5 heteroatoms. The number of benzene rings is 3. The third-order valence-corrected chi connectivity index (χ3v) is 4.90. The summed E-state index contributed by atoms with van der Waals surface area (Å²) in [4.78, 5) is 12.6. The van der Waals surface area contributed by atoms with E-state index in [1.165, 1.54) is 0 Å². The summed E-state index contributed by atoms with van der Waals surface area (Å²) in [6.45, 7) is 4.47. The number of aryl methyl sites for hydroxylation is 1. The lowest BCUT2D eigenvalue weighted by atomic mass is 10.00. The van der Waals surface area contributed by atoms with Crippen molar-refractivity contribution in [3.8, 4) is 23.7 Å². The van der Waals surface area contributed by atoms with Gasteiger partial charge in [-0.1, -0.05) is 43.0 Å². The van der Waals surface area contributed by atoms with Crippen molar-refractivity contribution < 1.29 is 14.3 Å². The number of rotatable bonds is 8. The minimum absolute atomic E-state index is 0.0306. The molecule has 3 aromatic carbocycles. The highest BCUT2D eigenvalue weighted by atomic mass is 16.5. The van der Waals surface area contributed by atoms with Crippen LogP contribution in [0, 0.1) is 23.2 Å². The van der Waals surface area contributed by atoms with Crippen LogP contribution in [0.25, 0.3) is 0 Å². The summed E-state index contributed by atoms with van der Waals surface area (Å²) in [6, 6.07) is 22.8. The number of nitrogens with zero attached hydrogens (tertiary/aromatic N) is 1. The van der Waals surface area contributed by atoms with Crippen LogP contribution >= 0.6 is 0 Å². The molecular formula is C28H26N2O3. The first-order valence-electron chi connectivity index (χ1n) is 10.9. The molecule has 5 nitrogen and oxygen atoms in total. The molecule has 0 atom stereocenters. The lowest BCUT2D eigenvalue weighted by Gasteiger charge is -2.15. The maximum atomic E-state index is 12.6. The molecule has 0 amide bonds. The zero-order chi connectivity index (χ0) is 23.5. The maximum Gasteiger partial charge on any atom is 0.312 e. The SMILES string of the molecule is CCOc1c(C#Cc2ccccc2)cc(CC)cc1CC(=O)OCNc1ccc(C#N)cc1. The average Bonchev–Trinajstić information content (AvgIpc) is 2.85. The van der Waals surface area contributed by atoms with Gasteiger partial charge in [-0.2, -0.15) is 5.26 Å². The van der Waals surface area contributed by atoms with Gasteiger partial charge in [-0.3, -0.25) is 4.79 Å². The first-order chi connectivity index (χ1) is 16.1. The van der Waals surface area contributed by atoms with Crippen LogP contribution < -0.4 is 10.1 Å². The Labute approximate surface area is 195 Å². The Morgan fingerprint density at radius 1 is 0.970 bits per heavy atom. The van der Waals surface area contributed by atoms with Gasteiger partial charge in [-0.25, -0.2) is 0 Å². The normalized spacial score (nSPS) is 9.85. The zero-order valence-corrected chi connectivity index (χ0v) is 18.9. The van der Waals surface area contributed by atoms with Crippen molar-refractivity contribution in [2.45, 2.75) is 26.7 Å². The molecule has 0 saturated carbocycles. The number of ether oxygens (including phenoxy) is 2. The van der Waals surface area contributed by atoms with Crippen LogP contribution in [0.2, 0.25) is 0 Å². The third-order valence-electron chi connectivity index (χ3n) is 4.90. The topological polar surface area (TPSA) is 71.3 Å². The highest BCUT2D eigenvalue weighted by Gasteiger charge is 2.15. The van der Waals surface area contributed by atoms with Crippen LogP contribution in [-0.2, 0) is 22.4 Å². The van der Waals surface area contributed by atoms with Crippen LogP contribution in [0.4, 0.5) is 5.69 Å². The second kappa shape index (κ2) is 12.0. The largest absolute Gasteiger partial charge is 0.492 e. The van der Waals surface area contributed by atoms with E-state index in [9.17, 15) is 4.79 Å². The van der Waals surface area contributed by atoms with E-state index in [1.54, 1.807) is 24.3 Å². The fourth-order valence-electron chi connectivity index (χ4n) is 3.23. The van der Waals surface area contributed by atoms with Gasteiger partial charge in [-0.15, -0.1) is 0 Å². The zero-order valence-electron chi connectivity index (χ0n) is 18.9. The molecule has 33 heavy (non-hydrogen) atoms. The molecule has 0 fully saturated rings. The molecule has 0 aliphatic rings. The number of carbonyl (C=O) groups excluding carboxylic acids is 1. The van der Waals surface area contributed by atoms with Gasteiger partial charge in [0.1, 0.15) is 5.75 Å². The van der Waals surface area contributed by atoms with Crippen molar-refractivity contribution in [3.63, 3.8) is 0 Å². The summed E-state index contributed by atoms with van der Waals surface area (Å²) in [5, 5.41) is 11.9. The van der Waals surface area contributed by atoms with Crippen molar-refractivity contribution in [1.82, 2.24) is 0 Å². The molecule has 0 heterocycles. The Balaban J connectivity index is 1.74. The summed E-state index contributed by atoms with van der Waals surface area (Å²) in [5.41, 5.74) is 4.85. The van der Waals surface area contributed by atoms with Gasteiger partial charge in [0.2, 0.25) is 0 Å². The minimum Gasteiger partial charge on any atom is -0.492 e. The molecule has 166 valence electrons. The summed E-state index contributed by atoms with van der Waals surface area (Å²) in [7, 11) is 0. The highest BCUT2D eigenvalue weighted by Crippen LogP contribution is 2.27. The van der Waals surface area contributed by atoms with Gasteiger partial charge in [0, 0.05) is 16.8 Å². The molecule has 0 radical (unpaired) electrons. The lowest BCUT2D eigenvalue weighted by molar-refractivity contribution is -0.142. The number of hydrogen-bond acceptors (Lipinski definition) is 5. The number of hydrogen-bond donors (Lipinski definition) is 1. The molecular weight excluding hydrogens is 412 g/mol. The second-order valence-corrected chi connectivity index (χ2v) is 7.24. The smallest absolute Gasteiger partial charge is 0.312 e.